The highest BCUT2D eigenvalue weighted by Gasteiger charge is 2.01. The van der Waals surface area contributed by atoms with Crippen LogP contribution in [0, 0.1) is 0 Å². The quantitative estimate of drug-likeness (QED) is 0.332. The Kier molecular flexibility index (Phi) is 9.90. The molecule has 0 aliphatic rings. The molecule has 19 heavy (non-hydrogen) atoms. The molecule has 5 nitrogen and oxygen atoms in total. The van der Waals surface area contributed by atoms with Crippen LogP contribution in [0.1, 0.15) is 12.5 Å². The van der Waals surface area contributed by atoms with Crippen LogP contribution in [0.15, 0.2) is 23.3 Å². The van der Waals surface area contributed by atoms with Crippen LogP contribution in [0.3, 0.4) is 0 Å². The average molecular weight is 399 g/mol. The second-order valence-corrected chi connectivity index (χ2v) is 4.39. The Labute approximate surface area is 136 Å². The van der Waals surface area contributed by atoms with E-state index in [0.29, 0.717) is 24.3 Å². The first-order valence-electron chi connectivity index (χ1n) is 5.77. The van der Waals surface area contributed by atoms with Crippen LogP contribution in [-0.2, 0) is 11.2 Å². The van der Waals surface area contributed by atoms with Gasteiger partial charge in [-0.1, -0.05) is 17.7 Å². The van der Waals surface area contributed by atoms with Gasteiger partial charge in [0.15, 0.2) is 5.96 Å². The van der Waals surface area contributed by atoms with E-state index in [9.17, 15) is 0 Å². The van der Waals surface area contributed by atoms with Crippen LogP contribution in [0.5, 0.6) is 0 Å². The van der Waals surface area contributed by atoms with Crippen molar-refractivity contribution in [1.29, 1.82) is 0 Å². The summed E-state index contributed by atoms with van der Waals surface area (Å²) in [7, 11) is 1.65. The molecule has 0 amide bonds. The molecule has 1 unspecified atom stereocenters. The maximum atomic E-state index is 5.74. The van der Waals surface area contributed by atoms with Gasteiger partial charge in [-0.3, -0.25) is 4.99 Å². The summed E-state index contributed by atoms with van der Waals surface area (Å²) < 4.78 is 5.00. The fraction of sp³-hybridized carbons (Fsp3) is 0.500. The molecule has 0 fully saturated rings. The van der Waals surface area contributed by atoms with Gasteiger partial charge >= 0.3 is 0 Å². The normalized spacial score (nSPS) is 12.7. The van der Waals surface area contributed by atoms with E-state index >= 15 is 0 Å². The van der Waals surface area contributed by atoms with E-state index in [-0.39, 0.29) is 30.0 Å². The number of nitrogens with zero attached hydrogens (tertiary/aromatic N) is 2. The van der Waals surface area contributed by atoms with E-state index < -0.39 is 0 Å². The fourth-order valence-electron chi connectivity index (χ4n) is 1.45. The molecule has 1 aromatic rings. The summed E-state index contributed by atoms with van der Waals surface area (Å²) in [6.07, 6.45) is 2.53. The molecule has 0 radical (unpaired) electrons. The molecule has 1 atom stereocenters. The Morgan fingerprint density at radius 1 is 1.58 bits per heavy atom. The molecule has 0 saturated carbocycles. The summed E-state index contributed by atoms with van der Waals surface area (Å²) in [4.78, 5) is 8.23. The number of aromatic nitrogens is 1. The van der Waals surface area contributed by atoms with Crippen molar-refractivity contribution in [3.8, 4) is 0 Å². The monoisotopic (exact) mass is 398 g/mol. The Bertz CT molecular complexity index is 386. The van der Waals surface area contributed by atoms with Crippen molar-refractivity contribution in [2.75, 3.05) is 20.3 Å². The zero-order valence-corrected chi connectivity index (χ0v) is 14.2. The summed E-state index contributed by atoms with van der Waals surface area (Å²) in [6, 6.07) is 3.85. The summed E-state index contributed by atoms with van der Waals surface area (Å²) in [5.74, 6) is 0.432. The van der Waals surface area contributed by atoms with E-state index in [0.717, 1.165) is 12.0 Å². The number of nitrogens with two attached hydrogens (primary N) is 1. The summed E-state index contributed by atoms with van der Waals surface area (Å²) >= 11 is 5.70. The number of halogens is 2. The lowest BCUT2D eigenvalue weighted by molar-refractivity contribution is 0.179. The molecule has 0 aliphatic heterocycles. The van der Waals surface area contributed by atoms with Crippen molar-refractivity contribution in [3.63, 3.8) is 0 Å². The summed E-state index contributed by atoms with van der Waals surface area (Å²) in [5.41, 5.74) is 6.82. The second kappa shape index (κ2) is 10.2. The zero-order chi connectivity index (χ0) is 13.4. The van der Waals surface area contributed by atoms with Gasteiger partial charge in [0.1, 0.15) is 5.15 Å². The highest BCUT2D eigenvalue weighted by Crippen LogP contribution is 2.05. The van der Waals surface area contributed by atoms with Crippen LogP contribution in [-0.4, -0.2) is 37.2 Å². The first-order valence-corrected chi connectivity index (χ1v) is 6.15. The van der Waals surface area contributed by atoms with Crippen LogP contribution >= 0.6 is 35.6 Å². The predicted octanol–water partition coefficient (Wildman–Crippen LogP) is 1.83. The molecule has 0 aliphatic carbocycles. The number of pyridine rings is 1. The third kappa shape index (κ3) is 8.22. The molecule has 1 heterocycles. The topological polar surface area (TPSA) is 72.5 Å². The van der Waals surface area contributed by atoms with Gasteiger partial charge in [-0.05, 0) is 25.0 Å². The number of hydrogen-bond acceptors (Lipinski definition) is 3. The first-order chi connectivity index (χ1) is 8.61. The maximum absolute atomic E-state index is 5.74. The van der Waals surface area contributed by atoms with Gasteiger partial charge in [0.05, 0.1) is 6.61 Å². The van der Waals surface area contributed by atoms with E-state index in [1.807, 2.05) is 13.0 Å². The number of rotatable bonds is 6. The van der Waals surface area contributed by atoms with Gasteiger partial charge in [0.25, 0.3) is 0 Å². The third-order valence-corrected chi connectivity index (χ3v) is 2.51. The van der Waals surface area contributed by atoms with Crippen molar-refractivity contribution in [3.05, 3.63) is 29.0 Å². The van der Waals surface area contributed by atoms with E-state index in [2.05, 4.69) is 15.3 Å². The molecule has 0 bridgehead atoms. The van der Waals surface area contributed by atoms with E-state index in [1.54, 1.807) is 19.4 Å². The van der Waals surface area contributed by atoms with Gasteiger partial charge in [-0.15, -0.1) is 24.0 Å². The van der Waals surface area contributed by atoms with Crippen LogP contribution in [0.25, 0.3) is 0 Å². The number of aliphatic imine (C=N–C) groups is 1. The van der Waals surface area contributed by atoms with Crippen LogP contribution < -0.4 is 11.1 Å². The van der Waals surface area contributed by atoms with Crippen LogP contribution in [0.2, 0.25) is 5.15 Å². The molecule has 108 valence electrons. The molecule has 0 spiro atoms. The molecule has 1 rings (SSSR count). The lowest BCUT2D eigenvalue weighted by Crippen LogP contribution is -2.40. The fourth-order valence-corrected chi connectivity index (χ4v) is 1.56. The van der Waals surface area contributed by atoms with Gasteiger partial charge < -0.3 is 15.8 Å². The van der Waals surface area contributed by atoms with Crippen molar-refractivity contribution in [2.24, 2.45) is 10.7 Å². The third-order valence-electron chi connectivity index (χ3n) is 2.28. The van der Waals surface area contributed by atoms with E-state index in [1.165, 1.54) is 0 Å². The number of nitrogens with one attached hydrogen (secondary N) is 1. The minimum Gasteiger partial charge on any atom is -0.383 e. The van der Waals surface area contributed by atoms with Crippen LogP contribution in [0.4, 0.5) is 0 Å². The highest BCUT2D eigenvalue weighted by atomic mass is 127. The van der Waals surface area contributed by atoms with Gasteiger partial charge in [-0.2, -0.15) is 0 Å². The smallest absolute Gasteiger partial charge is 0.188 e. The Balaban J connectivity index is 0.00000324. The lowest BCUT2D eigenvalue weighted by Gasteiger charge is -2.12. The Morgan fingerprint density at radius 3 is 2.89 bits per heavy atom. The molecule has 1 aromatic heterocycles. The van der Waals surface area contributed by atoms with Crippen molar-refractivity contribution >= 4 is 41.5 Å². The van der Waals surface area contributed by atoms with Gasteiger partial charge in [0, 0.05) is 25.9 Å². The molecular weight excluding hydrogens is 379 g/mol. The maximum Gasteiger partial charge on any atom is 0.188 e. The molecule has 0 aromatic carbocycles. The SMILES string of the molecule is COCC(C)NC(N)=NCCc1ccc(Cl)nc1.I. The second-order valence-electron chi connectivity index (χ2n) is 4.01. The van der Waals surface area contributed by atoms with Gasteiger partial charge in [0.2, 0.25) is 0 Å². The summed E-state index contributed by atoms with van der Waals surface area (Å²) in [6.45, 7) is 3.19. The molecule has 7 heteroatoms. The zero-order valence-electron chi connectivity index (χ0n) is 11.1. The average Bonchev–Trinajstić information content (AvgIpc) is 2.32. The van der Waals surface area contributed by atoms with Crippen molar-refractivity contribution < 1.29 is 4.74 Å². The Morgan fingerprint density at radius 2 is 2.32 bits per heavy atom. The number of hydrogen-bond donors (Lipinski definition) is 2. The number of guanidine groups is 1. The first kappa shape index (κ1) is 18.4. The standard InChI is InChI=1S/C12H19ClN4O.HI/c1-9(8-18-2)17-12(14)15-6-5-10-3-4-11(13)16-7-10;/h3-4,7,9H,5-6,8H2,1-2H3,(H3,14,15,17);1H. The number of methoxy groups -OCH3 is 1. The predicted molar refractivity (Wildman–Crippen MR) is 89.3 cm³/mol. The Hall–Kier alpha value is -0.600. The largest absolute Gasteiger partial charge is 0.383 e. The minimum absolute atomic E-state index is 0. The van der Waals surface area contributed by atoms with Gasteiger partial charge in [-0.25, -0.2) is 4.98 Å². The highest BCUT2D eigenvalue weighted by molar-refractivity contribution is 14.0. The minimum atomic E-state index is 0. The van der Waals surface area contributed by atoms with Crippen molar-refractivity contribution in [2.45, 2.75) is 19.4 Å². The summed E-state index contributed by atoms with van der Waals surface area (Å²) in [5, 5.41) is 3.54. The van der Waals surface area contributed by atoms with Crippen molar-refractivity contribution in [1.82, 2.24) is 10.3 Å². The lowest BCUT2D eigenvalue weighted by atomic mass is 10.2. The number of ether oxygens (including phenoxy) is 1. The van der Waals surface area contributed by atoms with E-state index in [4.69, 9.17) is 22.1 Å². The molecular formula is C12H20ClIN4O. The molecule has 0 saturated heterocycles. The molecule has 3 N–H and O–H groups in total.